The van der Waals surface area contributed by atoms with Crippen LogP contribution in [-0.4, -0.2) is 63.8 Å². The highest BCUT2D eigenvalue weighted by atomic mass is 32.1. The minimum atomic E-state index is -0.518. The molecular weight excluding hydrogens is 368 g/mol. The zero-order valence-electron chi connectivity index (χ0n) is 15.8. The van der Waals surface area contributed by atoms with E-state index >= 15 is 0 Å². The Kier molecular flexibility index (Phi) is 5.79. The van der Waals surface area contributed by atoms with Crippen LogP contribution in [0.4, 0.5) is 4.79 Å². The summed E-state index contributed by atoms with van der Waals surface area (Å²) >= 11 is 1.56. The molecule has 1 fully saturated rings. The molecule has 146 valence electrons. The predicted molar refractivity (Wildman–Crippen MR) is 100 cm³/mol. The minimum absolute atomic E-state index is 0.0223. The van der Waals surface area contributed by atoms with Crippen molar-refractivity contribution < 1.29 is 18.7 Å². The van der Waals surface area contributed by atoms with Gasteiger partial charge in [0.05, 0.1) is 0 Å². The Morgan fingerprint density at radius 2 is 1.89 bits per heavy atom. The maximum atomic E-state index is 12.4. The first-order valence-electron chi connectivity index (χ1n) is 8.92. The number of hydrogen-bond acceptors (Lipinski definition) is 7. The van der Waals surface area contributed by atoms with Crippen molar-refractivity contribution in [3.8, 4) is 11.5 Å². The molecule has 2 aromatic heterocycles. The van der Waals surface area contributed by atoms with Gasteiger partial charge in [-0.05, 0) is 32.2 Å². The van der Waals surface area contributed by atoms with E-state index in [1.807, 2.05) is 37.6 Å². The fourth-order valence-corrected chi connectivity index (χ4v) is 3.32. The first-order chi connectivity index (χ1) is 12.8. The van der Waals surface area contributed by atoms with Gasteiger partial charge < -0.3 is 19.0 Å². The summed E-state index contributed by atoms with van der Waals surface area (Å²) < 4.78 is 11.0. The van der Waals surface area contributed by atoms with Crippen LogP contribution >= 0.6 is 11.3 Å². The number of thiophene rings is 1. The largest absolute Gasteiger partial charge is 0.444 e. The monoisotopic (exact) mass is 392 g/mol. The molecule has 3 rings (SSSR count). The summed E-state index contributed by atoms with van der Waals surface area (Å²) in [7, 11) is 0. The molecule has 0 aromatic carbocycles. The second kappa shape index (κ2) is 8.08. The van der Waals surface area contributed by atoms with Crippen molar-refractivity contribution in [2.45, 2.75) is 39.2 Å². The van der Waals surface area contributed by atoms with E-state index < -0.39 is 5.60 Å². The highest BCUT2D eigenvalue weighted by Gasteiger charge is 2.27. The summed E-state index contributed by atoms with van der Waals surface area (Å²) in [6, 6.07) is 1.91. The van der Waals surface area contributed by atoms with Crippen molar-refractivity contribution in [3.05, 3.63) is 22.7 Å². The first kappa shape index (κ1) is 19.3. The zero-order valence-corrected chi connectivity index (χ0v) is 16.6. The number of carbonyl (C=O) groups excluding carboxylic acids is 2. The van der Waals surface area contributed by atoms with Gasteiger partial charge in [-0.3, -0.25) is 4.79 Å². The van der Waals surface area contributed by atoms with E-state index in [0.29, 0.717) is 50.8 Å². The van der Waals surface area contributed by atoms with E-state index in [2.05, 4.69) is 10.2 Å². The summed E-state index contributed by atoms with van der Waals surface area (Å²) in [5.74, 6) is 0.954. The molecule has 2 aromatic rings. The van der Waals surface area contributed by atoms with Crippen LogP contribution in [0.2, 0.25) is 0 Å². The topological polar surface area (TPSA) is 88.8 Å². The Morgan fingerprint density at radius 3 is 2.52 bits per heavy atom. The molecule has 0 radical (unpaired) electrons. The van der Waals surface area contributed by atoms with Gasteiger partial charge in [0.25, 0.3) is 0 Å². The Balaban J connectivity index is 1.44. The van der Waals surface area contributed by atoms with Gasteiger partial charge in [0, 0.05) is 50.0 Å². The van der Waals surface area contributed by atoms with Gasteiger partial charge >= 0.3 is 6.09 Å². The van der Waals surface area contributed by atoms with E-state index in [1.54, 1.807) is 21.1 Å². The molecule has 1 saturated heterocycles. The SMILES string of the molecule is CC(C)(C)OC(=O)N1CCN(C(=O)CCc2nnc(-c3ccsc3)o2)CC1. The van der Waals surface area contributed by atoms with Gasteiger partial charge in [-0.1, -0.05) is 0 Å². The molecule has 8 nitrogen and oxygen atoms in total. The number of nitrogens with zero attached hydrogens (tertiary/aromatic N) is 4. The summed E-state index contributed by atoms with van der Waals surface area (Å²) in [6.07, 6.45) is 0.376. The number of carbonyl (C=O) groups is 2. The molecule has 0 bridgehead atoms. The standard InChI is InChI=1S/C18H24N4O4S/c1-18(2,3)26-17(24)22-9-7-21(8-10-22)15(23)5-4-14-19-20-16(25-14)13-6-11-27-12-13/h6,11-12H,4-5,7-10H2,1-3H3. The number of rotatable bonds is 4. The van der Waals surface area contributed by atoms with Crippen molar-refractivity contribution >= 4 is 23.3 Å². The normalized spacial score (nSPS) is 15.1. The number of piperazine rings is 1. The number of amides is 2. The quantitative estimate of drug-likeness (QED) is 0.795. The predicted octanol–water partition coefficient (Wildman–Crippen LogP) is 2.81. The lowest BCUT2D eigenvalue weighted by molar-refractivity contribution is -0.133. The molecule has 0 atom stereocenters. The van der Waals surface area contributed by atoms with Crippen LogP contribution in [0, 0.1) is 0 Å². The second-order valence-electron chi connectivity index (χ2n) is 7.36. The van der Waals surface area contributed by atoms with Crippen molar-refractivity contribution in [3.63, 3.8) is 0 Å². The molecule has 3 heterocycles. The summed E-state index contributed by atoms with van der Waals surface area (Å²) in [5.41, 5.74) is 0.374. The van der Waals surface area contributed by atoms with Gasteiger partial charge in [-0.2, -0.15) is 11.3 Å². The number of aryl methyl sites for hydroxylation is 1. The van der Waals surface area contributed by atoms with E-state index in [0.717, 1.165) is 5.56 Å². The maximum absolute atomic E-state index is 12.4. The molecule has 27 heavy (non-hydrogen) atoms. The third kappa shape index (κ3) is 5.29. The molecule has 0 spiro atoms. The summed E-state index contributed by atoms with van der Waals surface area (Å²) in [4.78, 5) is 27.9. The lowest BCUT2D eigenvalue weighted by Crippen LogP contribution is -2.51. The van der Waals surface area contributed by atoms with Crippen molar-refractivity contribution in [1.29, 1.82) is 0 Å². The molecule has 9 heteroatoms. The molecule has 0 N–H and O–H groups in total. The van der Waals surface area contributed by atoms with E-state index in [9.17, 15) is 9.59 Å². The Labute approximate surface area is 162 Å². The molecule has 1 aliphatic rings. The van der Waals surface area contributed by atoms with Gasteiger partial charge in [-0.15, -0.1) is 10.2 Å². The van der Waals surface area contributed by atoms with Gasteiger partial charge in [0.1, 0.15) is 5.60 Å². The Hall–Kier alpha value is -2.42. The number of aromatic nitrogens is 2. The average molecular weight is 392 g/mol. The van der Waals surface area contributed by atoms with Gasteiger partial charge in [0.2, 0.25) is 17.7 Å². The van der Waals surface area contributed by atoms with E-state index in [-0.39, 0.29) is 12.0 Å². The van der Waals surface area contributed by atoms with Crippen molar-refractivity contribution in [2.75, 3.05) is 26.2 Å². The number of hydrogen-bond donors (Lipinski definition) is 0. The lowest BCUT2D eigenvalue weighted by Gasteiger charge is -2.35. The molecule has 0 saturated carbocycles. The van der Waals surface area contributed by atoms with E-state index in [4.69, 9.17) is 9.15 Å². The molecule has 0 aliphatic carbocycles. The average Bonchev–Trinajstić information content (AvgIpc) is 3.29. The van der Waals surface area contributed by atoms with Crippen molar-refractivity contribution in [1.82, 2.24) is 20.0 Å². The van der Waals surface area contributed by atoms with Crippen LogP contribution in [0.1, 0.15) is 33.1 Å². The van der Waals surface area contributed by atoms with Crippen LogP contribution in [0.3, 0.4) is 0 Å². The van der Waals surface area contributed by atoms with Crippen LogP contribution in [0.25, 0.3) is 11.5 Å². The molecule has 1 aliphatic heterocycles. The van der Waals surface area contributed by atoms with Crippen LogP contribution < -0.4 is 0 Å². The fourth-order valence-electron chi connectivity index (χ4n) is 2.69. The molecular formula is C18H24N4O4S. The van der Waals surface area contributed by atoms with Gasteiger partial charge in [-0.25, -0.2) is 4.79 Å². The smallest absolute Gasteiger partial charge is 0.410 e. The van der Waals surface area contributed by atoms with Crippen molar-refractivity contribution in [2.24, 2.45) is 0 Å². The van der Waals surface area contributed by atoms with Crippen LogP contribution in [0.5, 0.6) is 0 Å². The maximum Gasteiger partial charge on any atom is 0.410 e. The highest BCUT2D eigenvalue weighted by Crippen LogP contribution is 2.21. The fraction of sp³-hybridized carbons (Fsp3) is 0.556. The lowest BCUT2D eigenvalue weighted by atomic mass is 10.2. The molecule has 2 amide bonds. The summed E-state index contributed by atoms with van der Waals surface area (Å²) in [5, 5.41) is 11.9. The number of ether oxygens (including phenoxy) is 1. The zero-order chi connectivity index (χ0) is 19.4. The third-order valence-electron chi connectivity index (χ3n) is 4.07. The first-order valence-corrected chi connectivity index (χ1v) is 9.87. The Bertz CT molecular complexity index is 774. The van der Waals surface area contributed by atoms with Crippen LogP contribution in [-0.2, 0) is 16.0 Å². The van der Waals surface area contributed by atoms with E-state index in [1.165, 1.54) is 0 Å². The Morgan fingerprint density at radius 1 is 1.19 bits per heavy atom. The van der Waals surface area contributed by atoms with Gasteiger partial charge in [0.15, 0.2) is 0 Å². The molecule has 0 unspecified atom stereocenters. The van der Waals surface area contributed by atoms with Crippen LogP contribution in [0.15, 0.2) is 21.2 Å². The minimum Gasteiger partial charge on any atom is -0.444 e. The second-order valence-corrected chi connectivity index (χ2v) is 8.14. The third-order valence-corrected chi connectivity index (χ3v) is 4.76. The highest BCUT2D eigenvalue weighted by molar-refractivity contribution is 7.08. The summed E-state index contributed by atoms with van der Waals surface area (Å²) in [6.45, 7) is 7.47.